The van der Waals surface area contributed by atoms with Crippen LogP contribution in [0.15, 0.2) is 59.6 Å². The number of fused-ring (bicyclic) bond motifs is 1. The molecule has 0 radical (unpaired) electrons. The smallest absolute Gasteiger partial charge is 0.275 e. The first-order valence-electron chi connectivity index (χ1n) is 12.1. The van der Waals surface area contributed by atoms with Crippen molar-refractivity contribution in [1.82, 2.24) is 25.3 Å². The Bertz CT molecular complexity index is 1270. The Morgan fingerprint density at radius 3 is 2.69 bits per heavy atom. The Labute approximate surface area is 205 Å². The monoisotopic (exact) mass is 467 g/mol. The molecule has 2 N–H and O–H groups in total. The number of nitriles is 1. The normalized spacial score (nSPS) is 18.1. The number of benzene rings is 2. The fourth-order valence-corrected chi connectivity index (χ4v) is 5.00. The Balaban J connectivity index is 1.47. The zero-order valence-electron chi connectivity index (χ0n) is 19.9. The summed E-state index contributed by atoms with van der Waals surface area (Å²) >= 11 is 0. The second-order valence-corrected chi connectivity index (χ2v) is 9.07. The van der Waals surface area contributed by atoms with Gasteiger partial charge in [-0.3, -0.25) is 15.2 Å². The Morgan fingerprint density at radius 1 is 1.11 bits per heavy atom. The topological polar surface area (TPSA) is 100 Å². The fourth-order valence-electron chi connectivity index (χ4n) is 5.00. The lowest BCUT2D eigenvalue weighted by atomic mass is 9.95. The van der Waals surface area contributed by atoms with Crippen molar-refractivity contribution in [3.8, 4) is 6.19 Å². The van der Waals surface area contributed by atoms with Gasteiger partial charge < -0.3 is 9.80 Å². The van der Waals surface area contributed by atoms with Crippen LogP contribution in [0.3, 0.4) is 0 Å². The SMILES string of the molecule is Cc1ccccc1N=C(NC#N)N1CCN(C(=O)c2n[nH]c3c2CCCC3)C(c2ccccc2)C1. The van der Waals surface area contributed by atoms with Crippen molar-refractivity contribution >= 4 is 17.6 Å². The van der Waals surface area contributed by atoms with Crippen LogP contribution in [0.25, 0.3) is 0 Å². The number of carbonyl (C=O) groups is 1. The zero-order chi connectivity index (χ0) is 24.2. The molecule has 1 fully saturated rings. The minimum absolute atomic E-state index is 0.0384. The van der Waals surface area contributed by atoms with Gasteiger partial charge >= 0.3 is 0 Å². The second kappa shape index (κ2) is 10.0. The third-order valence-corrected chi connectivity index (χ3v) is 6.89. The number of carbonyl (C=O) groups excluding carboxylic acids is 1. The van der Waals surface area contributed by atoms with Crippen LogP contribution in [-0.4, -0.2) is 51.5 Å². The maximum absolute atomic E-state index is 13.8. The molecule has 2 aliphatic rings. The number of para-hydroxylation sites is 1. The number of amides is 1. The van der Waals surface area contributed by atoms with E-state index in [4.69, 9.17) is 4.99 Å². The molecule has 1 unspecified atom stereocenters. The molecule has 35 heavy (non-hydrogen) atoms. The number of aryl methyl sites for hydroxylation is 2. The van der Waals surface area contributed by atoms with E-state index in [2.05, 4.69) is 20.4 Å². The standard InChI is InChI=1S/C27H29N7O/c1-19-9-5-7-13-22(19)30-27(29-18-28)33-15-16-34(24(17-33)20-10-3-2-4-11-20)26(35)25-21-12-6-8-14-23(21)31-32-25/h2-5,7,9-11,13,24H,6,8,12,14-17H2,1H3,(H,29,30)(H,31,32). The van der Waals surface area contributed by atoms with Crippen molar-refractivity contribution in [2.75, 3.05) is 19.6 Å². The minimum atomic E-state index is -0.198. The molecule has 0 spiro atoms. The van der Waals surface area contributed by atoms with Crippen LogP contribution in [-0.2, 0) is 12.8 Å². The number of guanidine groups is 1. The van der Waals surface area contributed by atoms with Gasteiger partial charge in [0.15, 0.2) is 11.9 Å². The van der Waals surface area contributed by atoms with Crippen LogP contribution in [0, 0.1) is 18.4 Å². The van der Waals surface area contributed by atoms with Crippen LogP contribution in [0.5, 0.6) is 0 Å². The number of rotatable bonds is 3. The van der Waals surface area contributed by atoms with Crippen LogP contribution >= 0.6 is 0 Å². The Kier molecular flexibility index (Phi) is 6.49. The zero-order valence-corrected chi connectivity index (χ0v) is 19.9. The van der Waals surface area contributed by atoms with Crippen molar-refractivity contribution in [1.29, 1.82) is 5.26 Å². The van der Waals surface area contributed by atoms with Gasteiger partial charge in [0.1, 0.15) is 0 Å². The summed E-state index contributed by atoms with van der Waals surface area (Å²) in [5.41, 5.74) is 5.61. The van der Waals surface area contributed by atoms with Gasteiger partial charge in [0.25, 0.3) is 5.91 Å². The minimum Gasteiger partial charge on any atom is -0.338 e. The first-order valence-corrected chi connectivity index (χ1v) is 12.1. The highest BCUT2D eigenvalue weighted by molar-refractivity contribution is 5.95. The average molecular weight is 468 g/mol. The number of nitrogens with one attached hydrogen (secondary N) is 2. The highest BCUT2D eigenvalue weighted by Crippen LogP contribution is 2.30. The van der Waals surface area contributed by atoms with E-state index < -0.39 is 0 Å². The molecule has 2 aromatic carbocycles. The number of aromatic amines is 1. The third kappa shape index (κ3) is 4.62. The number of nitrogens with zero attached hydrogens (tertiary/aromatic N) is 5. The van der Waals surface area contributed by atoms with E-state index in [1.54, 1.807) is 0 Å². The summed E-state index contributed by atoms with van der Waals surface area (Å²) in [5, 5.41) is 19.7. The van der Waals surface area contributed by atoms with E-state index in [9.17, 15) is 10.1 Å². The molecule has 8 heteroatoms. The number of hydrogen-bond donors (Lipinski definition) is 2. The maximum Gasteiger partial charge on any atom is 0.275 e. The van der Waals surface area contributed by atoms with Crippen molar-refractivity contribution in [2.45, 2.75) is 38.6 Å². The molecule has 1 aliphatic carbocycles. The lowest BCUT2D eigenvalue weighted by Crippen LogP contribution is -2.54. The first kappa shape index (κ1) is 22.7. The van der Waals surface area contributed by atoms with Gasteiger partial charge in [0, 0.05) is 30.9 Å². The molecule has 2 heterocycles. The summed E-state index contributed by atoms with van der Waals surface area (Å²) in [6.45, 7) is 3.57. The molecule has 1 atom stereocenters. The van der Waals surface area contributed by atoms with E-state index in [-0.39, 0.29) is 11.9 Å². The summed E-state index contributed by atoms with van der Waals surface area (Å²) in [7, 11) is 0. The molecule has 1 aliphatic heterocycles. The van der Waals surface area contributed by atoms with E-state index in [1.165, 1.54) is 0 Å². The predicted molar refractivity (Wildman–Crippen MR) is 134 cm³/mol. The molecule has 178 valence electrons. The summed E-state index contributed by atoms with van der Waals surface area (Å²) in [6.07, 6.45) is 6.08. The van der Waals surface area contributed by atoms with Gasteiger partial charge in [-0.05, 0) is 49.8 Å². The van der Waals surface area contributed by atoms with E-state index in [0.717, 1.165) is 53.8 Å². The lowest BCUT2D eigenvalue weighted by Gasteiger charge is -2.42. The quantitative estimate of drug-likeness (QED) is 0.264. The second-order valence-electron chi connectivity index (χ2n) is 9.07. The molecular weight excluding hydrogens is 438 g/mol. The van der Waals surface area contributed by atoms with Gasteiger partial charge in [-0.15, -0.1) is 0 Å². The van der Waals surface area contributed by atoms with E-state index in [0.29, 0.717) is 31.3 Å². The molecule has 3 aromatic rings. The van der Waals surface area contributed by atoms with Gasteiger partial charge in [0.2, 0.25) is 5.96 Å². The van der Waals surface area contributed by atoms with Crippen LogP contribution < -0.4 is 5.32 Å². The summed E-state index contributed by atoms with van der Waals surface area (Å²) in [4.78, 5) is 22.5. The van der Waals surface area contributed by atoms with Gasteiger partial charge in [0.05, 0.1) is 11.7 Å². The molecule has 5 rings (SSSR count). The molecular formula is C27H29N7O. The van der Waals surface area contributed by atoms with Crippen LogP contribution in [0.2, 0.25) is 0 Å². The van der Waals surface area contributed by atoms with Crippen molar-refractivity contribution in [3.63, 3.8) is 0 Å². The van der Waals surface area contributed by atoms with Crippen LogP contribution in [0.4, 0.5) is 5.69 Å². The lowest BCUT2D eigenvalue weighted by molar-refractivity contribution is 0.0540. The molecule has 0 saturated carbocycles. The summed E-state index contributed by atoms with van der Waals surface area (Å²) in [6, 6.07) is 17.7. The van der Waals surface area contributed by atoms with Gasteiger partial charge in [-0.1, -0.05) is 48.5 Å². The molecule has 1 saturated heterocycles. The average Bonchev–Trinajstić information content (AvgIpc) is 3.34. The fraction of sp³-hybridized carbons (Fsp3) is 0.333. The van der Waals surface area contributed by atoms with E-state index >= 15 is 0 Å². The highest BCUT2D eigenvalue weighted by atomic mass is 16.2. The molecule has 0 bridgehead atoms. The Hall–Kier alpha value is -4.12. The van der Waals surface area contributed by atoms with Crippen LogP contribution in [0.1, 0.15) is 51.8 Å². The summed E-state index contributed by atoms with van der Waals surface area (Å²) < 4.78 is 0. The number of aromatic nitrogens is 2. The Morgan fingerprint density at radius 2 is 1.89 bits per heavy atom. The molecule has 1 amide bonds. The number of hydrogen-bond acceptors (Lipinski definition) is 4. The van der Waals surface area contributed by atoms with Gasteiger partial charge in [-0.2, -0.15) is 10.4 Å². The maximum atomic E-state index is 13.8. The highest BCUT2D eigenvalue weighted by Gasteiger charge is 2.36. The number of H-pyrrole nitrogens is 1. The summed E-state index contributed by atoms with van der Waals surface area (Å²) in [5.74, 6) is 0.454. The first-order chi connectivity index (χ1) is 17.2. The molecule has 8 nitrogen and oxygen atoms in total. The van der Waals surface area contributed by atoms with Crippen molar-refractivity contribution in [3.05, 3.63) is 82.7 Å². The molecule has 1 aromatic heterocycles. The number of piperazine rings is 1. The largest absolute Gasteiger partial charge is 0.338 e. The number of aliphatic imine (C=N–C) groups is 1. The van der Waals surface area contributed by atoms with Gasteiger partial charge in [-0.25, -0.2) is 4.99 Å². The third-order valence-electron chi connectivity index (χ3n) is 6.89. The van der Waals surface area contributed by atoms with E-state index in [1.807, 2.05) is 72.6 Å². The predicted octanol–water partition coefficient (Wildman–Crippen LogP) is 3.85. The van der Waals surface area contributed by atoms with Crippen molar-refractivity contribution in [2.24, 2.45) is 4.99 Å². The van der Waals surface area contributed by atoms with Crippen molar-refractivity contribution < 1.29 is 4.79 Å².